The molecule has 0 N–H and O–H groups in total. The maximum Gasteiger partial charge on any atom is 0.282 e. The van der Waals surface area contributed by atoms with Crippen LogP contribution in [0.3, 0.4) is 0 Å². The van der Waals surface area contributed by atoms with Crippen molar-refractivity contribution in [1.82, 2.24) is 5.01 Å². The van der Waals surface area contributed by atoms with Gasteiger partial charge in [-0.25, -0.2) is 0 Å². The molecule has 0 fully saturated rings. The highest BCUT2D eigenvalue weighted by Crippen LogP contribution is 2.41. The summed E-state index contributed by atoms with van der Waals surface area (Å²) in [5, 5.41) is 17.1. The van der Waals surface area contributed by atoms with Gasteiger partial charge in [0.1, 0.15) is 0 Å². The van der Waals surface area contributed by atoms with Crippen molar-refractivity contribution in [3.8, 4) is 22.6 Å². The number of ether oxygens (including phenoxy) is 3. The molecule has 1 aliphatic rings. The number of hydrazone groups is 1. The first-order valence-electron chi connectivity index (χ1n) is 10.0. The van der Waals surface area contributed by atoms with Crippen LogP contribution in [0.1, 0.15) is 24.3 Å². The molecule has 3 aromatic carbocycles. The first-order chi connectivity index (χ1) is 15.9. The predicted molar refractivity (Wildman–Crippen MR) is 121 cm³/mol. The Bertz CT molecular complexity index is 1220. The molecule has 168 valence electrons. The summed E-state index contributed by atoms with van der Waals surface area (Å²) >= 11 is 0. The highest BCUT2D eigenvalue weighted by atomic mass is 16.6. The van der Waals surface area contributed by atoms with Crippen molar-refractivity contribution in [3.63, 3.8) is 0 Å². The molecule has 0 saturated heterocycles. The first-order valence-corrected chi connectivity index (χ1v) is 10.0. The van der Waals surface area contributed by atoms with Gasteiger partial charge in [0.25, 0.3) is 5.69 Å². The molecule has 0 aromatic heterocycles. The second-order valence-electron chi connectivity index (χ2n) is 7.21. The van der Waals surface area contributed by atoms with Gasteiger partial charge in [-0.1, -0.05) is 42.5 Å². The van der Waals surface area contributed by atoms with Crippen molar-refractivity contribution in [2.75, 3.05) is 14.2 Å². The number of benzene rings is 3. The van der Waals surface area contributed by atoms with Crippen LogP contribution in [0.5, 0.6) is 11.5 Å². The molecule has 1 unspecified atom stereocenters. The summed E-state index contributed by atoms with van der Waals surface area (Å²) in [4.78, 5) is 23.5. The number of methoxy groups -OCH3 is 2. The van der Waals surface area contributed by atoms with E-state index in [-0.39, 0.29) is 28.6 Å². The summed E-state index contributed by atoms with van der Waals surface area (Å²) in [6, 6.07) is 20.0. The highest BCUT2D eigenvalue weighted by Gasteiger charge is 2.38. The Morgan fingerprint density at radius 2 is 1.55 bits per heavy atom. The van der Waals surface area contributed by atoms with Crippen LogP contribution in [-0.2, 0) is 9.53 Å². The van der Waals surface area contributed by atoms with E-state index in [0.717, 1.165) is 16.1 Å². The Balaban J connectivity index is 1.70. The Morgan fingerprint density at radius 3 is 2.12 bits per heavy atom. The van der Waals surface area contributed by atoms with Crippen LogP contribution in [0.4, 0.5) is 5.69 Å². The number of carbonyl (C=O) groups is 1. The molecule has 1 heterocycles. The molecule has 0 spiro atoms. The van der Waals surface area contributed by atoms with Crippen molar-refractivity contribution >= 4 is 17.5 Å². The van der Waals surface area contributed by atoms with Crippen LogP contribution in [0.15, 0.2) is 71.8 Å². The molecule has 9 nitrogen and oxygen atoms in total. The number of carbonyl (C=O) groups excluding carboxylic acids is 1. The SMILES string of the molecule is COc1cc(C2OC(c3ccc(-c4ccccc4)cc3)=NN2C(C)=O)c([N+](=O)[O-])cc1OC. The molecule has 33 heavy (non-hydrogen) atoms. The average molecular weight is 447 g/mol. The van der Waals surface area contributed by atoms with Gasteiger partial charge in [0, 0.05) is 12.5 Å². The lowest BCUT2D eigenvalue weighted by Gasteiger charge is -2.20. The van der Waals surface area contributed by atoms with E-state index in [1.54, 1.807) is 0 Å². The quantitative estimate of drug-likeness (QED) is 0.407. The molecule has 1 atom stereocenters. The fourth-order valence-electron chi connectivity index (χ4n) is 3.56. The maximum absolute atomic E-state index is 12.3. The summed E-state index contributed by atoms with van der Waals surface area (Å²) in [6.07, 6.45) is -1.13. The fourth-order valence-corrected chi connectivity index (χ4v) is 3.56. The number of rotatable bonds is 6. The molecule has 4 rings (SSSR count). The minimum atomic E-state index is -1.13. The molecule has 9 heteroatoms. The van der Waals surface area contributed by atoms with Crippen LogP contribution < -0.4 is 9.47 Å². The summed E-state index contributed by atoms with van der Waals surface area (Å²) < 4.78 is 16.4. The van der Waals surface area contributed by atoms with E-state index in [1.807, 2.05) is 54.6 Å². The molecule has 0 bridgehead atoms. The Morgan fingerprint density at radius 1 is 0.970 bits per heavy atom. The minimum Gasteiger partial charge on any atom is -0.493 e. The van der Waals surface area contributed by atoms with Crippen LogP contribution >= 0.6 is 0 Å². The van der Waals surface area contributed by atoms with E-state index >= 15 is 0 Å². The van der Waals surface area contributed by atoms with Gasteiger partial charge in [0.15, 0.2) is 11.5 Å². The van der Waals surface area contributed by atoms with Gasteiger partial charge in [-0.05, 0) is 29.3 Å². The number of hydrogen-bond acceptors (Lipinski definition) is 7. The van der Waals surface area contributed by atoms with Crippen molar-refractivity contribution in [2.24, 2.45) is 5.10 Å². The normalized spacial score (nSPS) is 14.9. The molecule has 0 radical (unpaired) electrons. The Labute approximate surface area is 190 Å². The summed E-state index contributed by atoms with van der Waals surface area (Å²) in [7, 11) is 2.80. The molecule has 1 amide bonds. The van der Waals surface area contributed by atoms with Crippen molar-refractivity contribution < 1.29 is 23.9 Å². The van der Waals surface area contributed by atoms with Crippen LogP contribution in [-0.4, -0.2) is 36.0 Å². The second-order valence-corrected chi connectivity index (χ2v) is 7.21. The third-order valence-corrected chi connectivity index (χ3v) is 5.20. The monoisotopic (exact) mass is 447 g/mol. The number of hydrogen-bond donors (Lipinski definition) is 0. The van der Waals surface area contributed by atoms with E-state index in [2.05, 4.69) is 5.10 Å². The zero-order valence-electron chi connectivity index (χ0n) is 18.2. The standard InChI is InChI=1S/C24H21N3O6/c1-15(28)26-24(19-13-21(31-2)22(32-3)14-20(19)27(29)30)33-23(25-26)18-11-9-17(10-12-18)16-7-5-4-6-8-16/h4-14,24H,1-3H3. The van der Waals surface area contributed by atoms with E-state index in [4.69, 9.17) is 14.2 Å². The zero-order chi connectivity index (χ0) is 23.5. The lowest BCUT2D eigenvalue weighted by Crippen LogP contribution is -2.26. The zero-order valence-corrected chi connectivity index (χ0v) is 18.2. The second kappa shape index (κ2) is 8.99. The van der Waals surface area contributed by atoms with Gasteiger partial charge in [0.05, 0.1) is 30.8 Å². The van der Waals surface area contributed by atoms with Crippen LogP contribution in [0, 0.1) is 10.1 Å². The lowest BCUT2D eigenvalue weighted by atomic mass is 10.0. The highest BCUT2D eigenvalue weighted by molar-refractivity contribution is 5.97. The Kier molecular flexibility index (Phi) is 5.95. The van der Waals surface area contributed by atoms with E-state index in [9.17, 15) is 14.9 Å². The maximum atomic E-state index is 12.3. The number of nitro benzene ring substituents is 1. The van der Waals surface area contributed by atoms with E-state index < -0.39 is 17.1 Å². The fraction of sp³-hybridized carbons (Fsp3) is 0.167. The first kappa shape index (κ1) is 21.8. The largest absolute Gasteiger partial charge is 0.493 e. The molecule has 1 aliphatic heterocycles. The summed E-state index contributed by atoms with van der Waals surface area (Å²) in [5.41, 5.74) is 2.54. The van der Waals surface area contributed by atoms with Gasteiger partial charge in [-0.3, -0.25) is 14.9 Å². The van der Waals surface area contributed by atoms with Crippen molar-refractivity contribution in [1.29, 1.82) is 0 Å². The Hall–Kier alpha value is -4.40. The van der Waals surface area contributed by atoms with E-state index in [0.29, 0.717) is 5.56 Å². The van der Waals surface area contributed by atoms with Gasteiger partial charge in [0.2, 0.25) is 18.0 Å². The molecule has 3 aromatic rings. The topological polar surface area (TPSA) is 104 Å². The lowest BCUT2D eigenvalue weighted by molar-refractivity contribution is -0.386. The van der Waals surface area contributed by atoms with E-state index in [1.165, 1.54) is 33.3 Å². The number of nitro groups is 1. The molecule has 0 saturated carbocycles. The molecular formula is C24H21N3O6. The van der Waals surface area contributed by atoms with Gasteiger partial charge in [-0.2, -0.15) is 5.01 Å². The molecular weight excluding hydrogens is 426 g/mol. The summed E-state index contributed by atoms with van der Waals surface area (Å²) in [6.45, 7) is 1.31. The predicted octanol–water partition coefficient (Wildman–Crippen LogP) is 4.52. The third-order valence-electron chi connectivity index (χ3n) is 5.20. The minimum absolute atomic E-state index is 0.118. The van der Waals surface area contributed by atoms with Gasteiger partial charge >= 0.3 is 0 Å². The third kappa shape index (κ3) is 4.20. The van der Waals surface area contributed by atoms with Crippen LogP contribution in [0.2, 0.25) is 0 Å². The van der Waals surface area contributed by atoms with Crippen molar-refractivity contribution in [2.45, 2.75) is 13.2 Å². The van der Waals surface area contributed by atoms with Gasteiger partial charge in [-0.15, -0.1) is 5.10 Å². The summed E-state index contributed by atoms with van der Waals surface area (Å²) in [5.74, 6) is 0.211. The van der Waals surface area contributed by atoms with Crippen molar-refractivity contribution in [3.05, 3.63) is 88.0 Å². The average Bonchev–Trinajstić information content (AvgIpc) is 3.29. The number of amides is 1. The number of nitrogens with zero attached hydrogens (tertiary/aromatic N) is 3. The van der Waals surface area contributed by atoms with Gasteiger partial charge < -0.3 is 14.2 Å². The molecule has 0 aliphatic carbocycles. The van der Waals surface area contributed by atoms with Crippen LogP contribution in [0.25, 0.3) is 11.1 Å². The smallest absolute Gasteiger partial charge is 0.282 e.